The summed E-state index contributed by atoms with van der Waals surface area (Å²) >= 11 is 0. The van der Waals surface area contributed by atoms with E-state index in [2.05, 4.69) is 63.4 Å². The van der Waals surface area contributed by atoms with Crippen molar-refractivity contribution in [2.24, 2.45) is 4.99 Å². The van der Waals surface area contributed by atoms with Crippen molar-refractivity contribution in [1.29, 1.82) is 0 Å². The van der Waals surface area contributed by atoms with E-state index in [1.54, 1.807) is 0 Å². The first kappa shape index (κ1) is 22.5. The summed E-state index contributed by atoms with van der Waals surface area (Å²) in [5.41, 5.74) is 4.79. The standard InChI is InChI=1S/C21H31N5O.HI/c1-15-7-6-8-19(13-15)25-9-11-26(12-10-25)21(22-5)23-14-16(2)20-17(3)24-27-18(20)4;/h6-8,13,16H,9-12,14H2,1-5H3,(H,22,23);1H. The van der Waals surface area contributed by atoms with Gasteiger partial charge in [-0.25, -0.2) is 0 Å². The van der Waals surface area contributed by atoms with Gasteiger partial charge >= 0.3 is 0 Å². The highest BCUT2D eigenvalue weighted by atomic mass is 127. The second kappa shape index (κ2) is 10.1. The first-order valence-corrected chi connectivity index (χ1v) is 9.69. The van der Waals surface area contributed by atoms with E-state index in [-0.39, 0.29) is 24.0 Å². The van der Waals surface area contributed by atoms with Crippen LogP contribution >= 0.6 is 24.0 Å². The molecule has 1 aliphatic rings. The lowest BCUT2D eigenvalue weighted by atomic mass is 10.00. The predicted octanol–water partition coefficient (Wildman–Crippen LogP) is 3.72. The summed E-state index contributed by atoms with van der Waals surface area (Å²) in [5.74, 6) is 2.20. The summed E-state index contributed by atoms with van der Waals surface area (Å²) in [5, 5.41) is 7.60. The topological polar surface area (TPSA) is 56.9 Å². The van der Waals surface area contributed by atoms with Gasteiger partial charge in [0, 0.05) is 56.9 Å². The molecular formula is C21H32IN5O. The van der Waals surface area contributed by atoms with Crippen LogP contribution in [0.3, 0.4) is 0 Å². The summed E-state index contributed by atoms with van der Waals surface area (Å²) in [7, 11) is 1.86. The molecule has 1 unspecified atom stereocenters. The molecule has 7 heteroatoms. The fourth-order valence-corrected chi connectivity index (χ4v) is 3.87. The van der Waals surface area contributed by atoms with Crippen molar-refractivity contribution in [3.63, 3.8) is 0 Å². The van der Waals surface area contributed by atoms with E-state index in [0.29, 0.717) is 5.92 Å². The lowest BCUT2D eigenvalue weighted by molar-refractivity contribution is 0.371. The quantitative estimate of drug-likeness (QED) is 0.397. The lowest BCUT2D eigenvalue weighted by Crippen LogP contribution is -2.53. The van der Waals surface area contributed by atoms with Gasteiger partial charge in [0.2, 0.25) is 0 Å². The molecule has 1 aromatic carbocycles. The summed E-state index contributed by atoms with van der Waals surface area (Å²) < 4.78 is 5.30. The van der Waals surface area contributed by atoms with Crippen LogP contribution in [0.4, 0.5) is 5.69 Å². The fraction of sp³-hybridized carbons (Fsp3) is 0.524. The van der Waals surface area contributed by atoms with Crippen LogP contribution in [-0.2, 0) is 0 Å². The van der Waals surface area contributed by atoms with Crippen LogP contribution in [0, 0.1) is 20.8 Å². The maximum Gasteiger partial charge on any atom is 0.193 e. The van der Waals surface area contributed by atoms with Gasteiger partial charge < -0.3 is 19.6 Å². The minimum Gasteiger partial charge on any atom is -0.368 e. The van der Waals surface area contributed by atoms with Crippen LogP contribution in [0.1, 0.15) is 35.4 Å². The highest BCUT2D eigenvalue weighted by Gasteiger charge is 2.21. The molecule has 0 saturated carbocycles. The minimum atomic E-state index is 0. The third kappa shape index (κ3) is 5.18. The number of nitrogens with zero attached hydrogens (tertiary/aromatic N) is 4. The Balaban J connectivity index is 0.00000280. The minimum absolute atomic E-state index is 0. The van der Waals surface area contributed by atoms with Crippen molar-refractivity contribution in [2.45, 2.75) is 33.6 Å². The molecule has 154 valence electrons. The van der Waals surface area contributed by atoms with Gasteiger partial charge in [0.05, 0.1) is 5.69 Å². The van der Waals surface area contributed by atoms with E-state index in [1.807, 2.05) is 20.9 Å². The number of aryl methyl sites for hydroxylation is 3. The molecule has 2 aromatic rings. The van der Waals surface area contributed by atoms with Crippen molar-refractivity contribution in [3.05, 3.63) is 46.8 Å². The van der Waals surface area contributed by atoms with Crippen molar-refractivity contribution < 1.29 is 4.52 Å². The van der Waals surface area contributed by atoms with E-state index in [0.717, 1.165) is 50.1 Å². The Morgan fingerprint density at radius 2 is 1.93 bits per heavy atom. The van der Waals surface area contributed by atoms with E-state index in [1.165, 1.54) is 16.8 Å². The van der Waals surface area contributed by atoms with Gasteiger partial charge in [-0.3, -0.25) is 4.99 Å². The van der Waals surface area contributed by atoms with Gasteiger partial charge in [-0.15, -0.1) is 24.0 Å². The zero-order valence-electron chi connectivity index (χ0n) is 17.5. The molecule has 1 aliphatic heterocycles. The van der Waals surface area contributed by atoms with Crippen molar-refractivity contribution in [3.8, 4) is 0 Å². The largest absolute Gasteiger partial charge is 0.368 e. The number of anilines is 1. The van der Waals surface area contributed by atoms with E-state index in [4.69, 9.17) is 4.52 Å². The molecule has 3 rings (SSSR count). The highest BCUT2D eigenvalue weighted by Crippen LogP contribution is 2.22. The number of rotatable bonds is 4. The number of hydrogen-bond donors (Lipinski definition) is 1. The molecule has 28 heavy (non-hydrogen) atoms. The number of halogens is 1. The molecule has 1 atom stereocenters. The van der Waals surface area contributed by atoms with Gasteiger partial charge in [0.1, 0.15) is 5.76 Å². The zero-order valence-corrected chi connectivity index (χ0v) is 19.9. The Hall–Kier alpha value is -1.77. The Kier molecular flexibility index (Phi) is 8.15. The predicted molar refractivity (Wildman–Crippen MR) is 126 cm³/mol. The zero-order chi connectivity index (χ0) is 19.4. The second-order valence-corrected chi connectivity index (χ2v) is 7.38. The number of hydrogen-bond acceptors (Lipinski definition) is 4. The molecule has 0 spiro atoms. The van der Waals surface area contributed by atoms with E-state index >= 15 is 0 Å². The maximum atomic E-state index is 5.30. The van der Waals surface area contributed by atoms with Crippen LogP contribution in [0.25, 0.3) is 0 Å². The molecule has 6 nitrogen and oxygen atoms in total. The number of benzene rings is 1. The van der Waals surface area contributed by atoms with Gasteiger partial charge in [0.15, 0.2) is 5.96 Å². The SMILES string of the molecule is CN=C(NCC(C)c1c(C)noc1C)N1CCN(c2cccc(C)c2)CC1.I. The molecule has 1 aromatic heterocycles. The number of aliphatic imine (C=N–C) groups is 1. The number of nitrogens with one attached hydrogen (secondary N) is 1. The van der Waals surface area contributed by atoms with E-state index in [9.17, 15) is 0 Å². The lowest BCUT2D eigenvalue weighted by Gasteiger charge is -2.38. The molecule has 2 heterocycles. The molecule has 1 N–H and O–H groups in total. The van der Waals surface area contributed by atoms with Gasteiger partial charge in [-0.1, -0.05) is 24.2 Å². The Morgan fingerprint density at radius 3 is 2.50 bits per heavy atom. The average molecular weight is 497 g/mol. The maximum absolute atomic E-state index is 5.30. The van der Waals surface area contributed by atoms with Gasteiger partial charge in [-0.05, 0) is 38.5 Å². The first-order valence-electron chi connectivity index (χ1n) is 9.69. The molecule has 0 aliphatic carbocycles. The third-order valence-electron chi connectivity index (χ3n) is 5.31. The van der Waals surface area contributed by atoms with Gasteiger partial charge in [0.25, 0.3) is 0 Å². The number of aromatic nitrogens is 1. The van der Waals surface area contributed by atoms with Crippen LogP contribution in [0.2, 0.25) is 0 Å². The number of piperazine rings is 1. The van der Waals surface area contributed by atoms with Crippen LogP contribution < -0.4 is 10.2 Å². The van der Waals surface area contributed by atoms with Crippen LogP contribution in [-0.4, -0.2) is 55.8 Å². The fourth-order valence-electron chi connectivity index (χ4n) is 3.87. The molecular weight excluding hydrogens is 465 g/mol. The van der Waals surface area contributed by atoms with E-state index < -0.39 is 0 Å². The number of guanidine groups is 1. The molecule has 1 saturated heterocycles. The molecule has 0 radical (unpaired) electrons. The average Bonchev–Trinajstić information content (AvgIpc) is 3.01. The molecule has 1 fully saturated rings. The van der Waals surface area contributed by atoms with Crippen LogP contribution in [0.5, 0.6) is 0 Å². The summed E-state index contributed by atoms with van der Waals surface area (Å²) in [6.45, 7) is 13.1. The summed E-state index contributed by atoms with van der Waals surface area (Å²) in [6, 6.07) is 8.73. The smallest absolute Gasteiger partial charge is 0.193 e. The molecule has 0 amide bonds. The Labute approximate surface area is 185 Å². The Bertz CT molecular complexity index is 776. The van der Waals surface area contributed by atoms with Crippen molar-refractivity contribution >= 4 is 35.6 Å². The normalized spacial score (nSPS) is 16.0. The summed E-state index contributed by atoms with van der Waals surface area (Å²) in [4.78, 5) is 9.28. The Morgan fingerprint density at radius 1 is 1.21 bits per heavy atom. The van der Waals surface area contributed by atoms with Crippen molar-refractivity contribution in [2.75, 3.05) is 44.7 Å². The molecule has 0 bridgehead atoms. The summed E-state index contributed by atoms with van der Waals surface area (Å²) in [6.07, 6.45) is 0. The first-order chi connectivity index (χ1) is 13.0. The van der Waals surface area contributed by atoms with Crippen molar-refractivity contribution in [1.82, 2.24) is 15.4 Å². The van der Waals surface area contributed by atoms with Crippen LogP contribution in [0.15, 0.2) is 33.8 Å². The monoisotopic (exact) mass is 497 g/mol. The second-order valence-electron chi connectivity index (χ2n) is 7.38. The highest BCUT2D eigenvalue weighted by molar-refractivity contribution is 14.0. The third-order valence-corrected chi connectivity index (χ3v) is 5.31. The van der Waals surface area contributed by atoms with Gasteiger partial charge in [-0.2, -0.15) is 0 Å².